The Balaban J connectivity index is 2.23. The van der Waals surface area contributed by atoms with Gasteiger partial charge in [-0.2, -0.15) is 0 Å². The van der Waals surface area contributed by atoms with Gasteiger partial charge < -0.3 is 10.4 Å². The van der Waals surface area contributed by atoms with Crippen LogP contribution in [0.25, 0.3) is 0 Å². The Bertz CT molecular complexity index is 734. The zero-order valence-corrected chi connectivity index (χ0v) is 11.9. The molecule has 6 nitrogen and oxygen atoms in total. The van der Waals surface area contributed by atoms with Crippen molar-refractivity contribution in [1.29, 1.82) is 0 Å². The molecule has 0 heterocycles. The number of halogens is 2. The molecule has 0 atom stereocenters. The average Bonchev–Trinajstić information content (AvgIpc) is 2.43. The van der Waals surface area contributed by atoms with Gasteiger partial charge in [-0.3, -0.25) is 14.9 Å². The number of anilines is 1. The van der Waals surface area contributed by atoms with Gasteiger partial charge in [0.05, 0.1) is 20.7 Å². The fourth-order valence-corrected chi connectivity index (χ4v) is 1.96. The largest absolute Gasteiger partial charge is 0.506 e. The first-order chi connectivity index (χ1) is 9.88. The van der Waals surface area contributed by atoms with Crippen LogP contribution in [0.5, 0.6) is 5.75 Å². The molecule has 0 saturated heterocycles. The van der Waals surface area contributed by atoms with Crippen molar-refractivity contribution in [3.63, 3.8) is 0 Å². The first kappa shape index (κ1) is 15.1. The molecule has 0 fully saturated rings. The number of nitrogens with zero attached hydrogens (tertiary/aromatic N) is 1. The Hall–Kier alpha value is -2.31. The summed E-state index contributed by atoms with van der Waals surface area (Å²) in [5.74, 6) is -0.644. The molecule has 1 amide bonds. The highest BCUT2D eigenvalue weighted by Gasteiger charge is 2.13. The van der Waals surface area contributed by atoms with Crippen LogP contribution in [0, 0.1) is 10.1 Å². The third-order valence-corrected chi connectivity index (χ3v) is 3.24. The molecule has 108 valence electrons. The number of phenolic OH excluding ortho intramolecular Hbond substituents is 1. The van der Waals surface area contributed by atoms with E-state index in [1.54, 1.807) is 0 Å². The molecule has 2 N–H and O–H groups in total. The molecule has 0 radical (unpaired) electrons. The Morgan fingerprint density at radius 1 is 1.14 bits per heavy atom. The summed E-state index contributed by atoms with van der Waals surface area (Å²) in [5, 5.41) is 22.5. The summed E-state index contributed by atoms with van der Waals surface area (Å²) >= 11 is 11.6. The van der Waals surface area contributed by atoms with E-state index in [4.69, 9.17) is 23.2 Å². The fourth-order valence-electron chi connectivity index (χ4n) is 1.56. The average molecular weight is 327 g/mol. The van der Waals surface area contributed by atoms with E-state index in [0.717, 1.165) is 6.07 Å². The SMILES string of the molecule is O=C(Nc1ccc([N+](=O)[O-])cc1Cl)c1ccc(O)c(Cl)c1. The van der Waals surface area contributed by atoms with Crippen LogP contribution in [0.3, 0.4) is 0 Å². The Morgan fingerprint density at radius 2 is 1.86 bits per heavy atom. The number of hydrogen-bond donors (Lipinski definition) is 2. The van der Waals surface area contributed by atoms with Crippen molar-refractivity contribution in [3.8, 4) is 5.75 Å². The highest BCUT2D eigenvalue weighted by Crippen LogP contribution is 2.28. The van der Waals surface area contributed by atoms with Crippen LogP contribution >= 0.6 is 23.2 Å². The molecule has 21 heavy (non-hydrogen) atoms. The summed E-state index contributed by atoms with van der Waals surface area (Å²) in [6, 6.07) is 7.67. The second kappa shape index (κ2) is 5.99. The van der Waals surface area contributed by atoms with E-state index >= 15 is 0 Å². The Kier molecular flexibility index (Phi) is 4.30. The predicted octanol–water partition coefficient (Wildman–Crippen LogP) is 3.86. The highest BCUT2D eigenvalue weighted by atomic mass is 35.5. The van der Waals surface area contributed by atoms with Gasteiger partial charge in [-0.25, -0.2) is 0 Å². The first-order valence-electron chi connectivity index (χ1n) is 5.62. The number of phenols is 1. The summed E-state index contributed by atoms with van der Waals surface area (Å²) in [7, 11) is 0. The minimum absolute atomic E-state index is 0.0393. The topological polar surface area (TPSA) is 92.5 Å². The number of nitro benzene ring substituents is 1. The normalized spacial score (nSPS) is 10.2. The number of benzene rings is 2. The molecule has 0 unspecified atom stereocenters. The molecule has 0 bridgehead atoms. The lowest BCUT2D eigenvalue weighted by molar-refractivity contribution is -0.384. The van der Waals surface area contributed by atoms with Crippen LogP contribution in [-0.4, -0.2) is 15.9 Å². The minimum atomic E-state index is -0.586. The van der Waals surface area contributed by atoms with E-state index in [2.05, 4.69) is 5.32 Å². The molecular weight excluding hydrogens is 319 g/mol. The highest BCUT2D eigenvalue weighted by molar-refractivity contribution is 6.34. The van der Waals surface area contributed by atoms with Crippen molar-refractivity contribution in [2.24, 2.45) is 0 Å². The lowest BCUT2D eigenvalue weighted by Crippen LogP contribution is -2.12. The van der Waals surface area contributed by atoms with Gasteiger partial charge in [0.2, 0.25) is 0 Å². The molecule has 0 aliphatic carbocycles. The zero-order chi connectivity index (χ0) is 15.6. The smallest absolute Gasteiger partial charge is 0.271 e. The van der Waals surface area contributed by atoms with E-state index in [1.807, 2.05) is 0 Å². The van der Waals surface area contributed by atoms with Crippen molar-refractivity contribution in [3.05, 3.63) is 62.1 Å². The van der Waals surface area contributed by atoms with Crippen LogP contribution in [-0.2, 0) is 0 Å². The number of amides is 1. The van der Waals surface area contributed by atoms with E-state index in [0.29, 0.717) is 0 Å². The van der Waals surface area contributed by atoms with Gasteiger partial charge in [-0.15, -0.1) is 0 Å². The quantitative estimate of drug-likeness (QED) is 0.661. The molecule has 2 aromatic carbocycles. The van der Waals surface area contributed by atoms with E-state index in [-0.39, 0.29) is 32.7 Å². The molecule has 0 aliphatic heterocycles. The van der Waals surface area contributed by atoms with Gasteiger partial charge in [0.15, 0.2) is 0 Å². The van der Waals surface area contributed by atoms with Crippen LogP contribution < -0.4 is 5.32 Å². The maximum atomic E-state index is 12.0. The third-order valence-electron chi connectivity index (χ3n) is 2.62. The van der Waals surface area contributed by atoms with Crippen molar-refractivity contribution in [2.75, 3.05) is 5.32 Å². The molecule has 0 aliphatic rings. The second-order valence-electron chi connectivity index (χ2n) is 4.04. The number of carbonyl (C=O) groups is 1. The van der Waals surface area contributed by atoms with Crippen LogP contribution in [0.2, 0.25) is 10.0 Å². The van der Waals surface area contributed by atoms with Crippen LogP contribution in [0.1, 0.15) is 10.4 Å². The van der Waals surface area contributed by atoms with Gasteiger partial charge in [0.25, 0.3) is 11.6 Å². The summed E-state index contributed by atoms with van der Waals surface area (Å²) in [5.41, 5.74) is 0.273. The van der Waals surface area contributed by atoms with E-state index in [9.17, 15) is 20.0 Å². The van der Waals surface area contributed by atoms with Crippen LogP contribution in [0.4, 0.5) is 11.4 Å². The molecule has 2 rings (SSSR count). The Morgan fingerprint density at radius 3 is 2.43 bits per heavy atom. The number of rotatable bonds is 3. The molecular formula is C13H8Cl2N2O4. The third kappa shape index (κ3) is 3.42. The number of non-ortho nitro benzene ring substituents is 1. The van der Waals surface area contributed by atoms with Crippen molar-refractivity contribution in [2.45, 2.75) is 0 Å². The van der Waals surface area contributed by atoms with Crippen molar-refractivity contribution < 1.29 is 14.8 Å². The van der Waals surface area contributed by atoms with Gasteiger partial charge in [0, 0.05) is 17.7 Å². The minimum Gasteiger partial charge on any atom is -0.506 e. The summed E-state index contributed by atoms with van der Waals surface area (Å²) in [6.45, 7) is 0. The van der Waals surface area contributed by atoms with Gasteiger partial charge >= 0.3 is 0 Å². The van der Waals surface area contributed by atoms with Gasteiger partial charge in [0.1, 0.15) is 5.75 Å². The van der Waals surface area contributed by atoms with Gasteiger partial charge in [-0.05, 0) is 24.3 Å². The first-order valence-corrected chi connectivity index (χ1v) is 6.38. The standard InChI is InChI=1S/C13H8Cl2N2O4/c14-9-6-8(17(20)21)2-3-11(9)16-13(19)7-1-4-12(18)10(15)5-7/h1-6,18H,(H,16,19). The molecule has 0 saturated carbocycles. The maximum Gasteiger partial charge on any atom is 0.271 e. The lowest BCUT2D eigenvalue weighted by atomic mass is 10.2. The number of nitrogens with one attached hydrogen (secondary N) is 1. The summed E-state index contributed by atoms with van der Waals surface area (Å²) in [4.78, 5) is 22.0. The summed E-state index contributed by atoms with van der Waals surface area (Å²) in [6.07, 6.45) is 0. The van der Waals surface area contributed by atoms with E-state index < -0.39 is 10.8 Å². The van der Waals surface area contributed by atoms with E-state index in [1.165, 1.54) is 30.3 Å². The molecule has 0 aromatic heterocycles. The van der Waals surface area contributed by atoms with Crippen molar-refractivity contribution >= 4 is 40.5 Å². The van der Waals surface area contributed by atoms with Crippen molar-refractivity contribution in [1.82, 2.24) is 0 Å². The van der Waals surface area contributed by atoms with Crippen LogP contribution in [0.15, 0.2) is 36.4 Å². The predicted molar refractivity (Wildman–Crippen MR) is 79.2 cm³/mol. The molecule has 2 aromatic rings. The number of hydrogen-bond acceptors (Lipinski definition) is 4. The monoisotopic (exact) mass is 326 g/mol. The second-order valence-corrected chi connectivity index (χ2v) is 4.86. The van der Waals surface area contributed by atoms with Gasteiger partial charge in [-0.1, -0.05) is 23.2 Å². The Labute approximate surface area is 129 Å². The maximum absolute atomic E-state index is 12.0. The summed E-state index contributed by atoms with van der Waals surface area (Å²) < 4.78 is 0. The zero-order valence-electron chi connectivity index (χ0n) is 10.3. The molecule has 8 heteroatoms. The number of nitro groups is 1. The fraction of sp³-hybridized carbons (Fsp3) is 0. The molecule has 0 spiro atoms. The number of carbonyl (C=O) groups excluding carboxylic acids is 1. The number of aromatic hydroxyl groups is 1. The lowest BCUT2D eigenvalue weighted by Gasteiger charge is -2.07.